The normalized spacial score (nSPS) is 13.8. The second-order valence-corrected chi connectivity index (χ2v) is 26.2. The Hall–Kier alpha value is -11.1. The predicted molar refractivity (Wildman–Crippen MR) is 394 cm³/mol. The molecule has 14 aromatic carbocycles. The van der Waals surface area contributed by atoms with Gasteiger partial charge in [0.25, 0.3) is 0 Å². The van der Waals surface area contributed by atoms with Crippen LogP contribution in [0.5, 0.6) is 0 Å². The van der Waals surface area contributed by atoms with Gasteiger partial charge in [0.05, 0.1) is 36.7 Å². The lowest BCUT2D eigenvalue weighted by atomic mass is 9.82. The molecule has 2 aliphatic carbocycles. The summed E-state index contributed by atoms with van der Waals surface area (Å²) in [7, 11) is 3.25. The Labute approximate surface area is 549 Å². The average molecular weight is 1220 g/mol. The third-order valence-corrected chi connectivity index (χ3v) is 20.2. The molecule has 0 aliphatic heterocycles. The highest BCUT2D eigenvalue weighted by molar-refractivity contribution is 6.32. The van der Waals surface area contributed by atoms with Crippen molar-refractivity contribution in [3.05, 3.63) is 300 Å². The molecule has 0 N–H and O–H groups in total. The molecule has 0 unspecified atom stereocenters. The zero-order valence-corrected chi connectivity index (χ0v) is 54.8. The van der Waals surface area contributed by atoms with Crippen LogP contribution in [0.3, 0.4) is 0 Å². The highest BCUT2D eigenvalue weighted by Gasteiger charge is 2.38. The summed E-state index contributed by atoms with van der Waals surface area (Å²) in [5.74, 6) is 1.22. The summed E-state index contributed by atoms with van der Waals surface area (Å²) < 4.78 is 11.2. The van der Waals surface area contributed by atoms with E-state index in [0.717, 1.165) is 99.1 Å². The quantitative estimate of drug-likeness (QED) is 0.0690. The number of Topliss-reactive ketones (excluding diaryl/α,β-unsaturated/α-hetero) is 2. The maximum Gasteiger partial charge on any atom is 0.163 e. The van der Waals surface area contributed by atoms with Crippen molar-refractivity contribution in [2.75, 3.05) is 24.0 Å². The maximum absolute atomic E-state index is 13.1. The lowest BCUT2D eigenvalue weighted by Gasteiger charge is -2.29. The number of hydrogen-bond donors (Lipinski definition) is 0. The van der Waals surface area contributed by atoms with Crippen molar-refractivity contribution < 1.29 is 19.1 Å². The van der Waals surface area contributed by atoms with Crippen LogP contribution in [-0.2, 0) is 29.9 Å². The van der Waals surface area contributed by atoms with Gasteiger partial charge in [-0.15, -0.1) is 0 Å². The van der Waals surface area contributed by atoms with Gasteiger partial charge in [-0.2, -0.15) is 0 Å². The number of ether oxygens (including phenoxy) is 2. The number of carbonyl (C=O) groups is 2. The smallest absolute Gasteiger partial charge is 0.163 e. The van der Waals surface area contributed by atoms with Gasteiger partial charge in [0.1, 0.15) is 11.5 Å². The van der Waals surface area contributed by atoms with Crippen molar-refractivity contribution >= 4 is 121 Å². The Balaban J connectivity index is 0.000000155. The van der Waals surface area contributed by atoms with Crippen LogP contribution in [0.1, 0.15) is 88.8 Å². The monoisotopic (exact) mass is 1220 g/mol. The van der Waals surface area contributed by atoms with E-state index in [-0.39, 0.29) is 22.4 Å². The molecule has 14 aromatic rings. The number of nitrogens with zero attached hydrogens (tertiary/aromatic N) is 2. The summed E-state index contributed by atoms with van der Waals surface area (Å²) in [6, 6.07) is 91.8. The molecule has 6 heteroatoms. The van der Waals surface area contributed by atoms with E-state index in [0.29, 0.717) is 22.7 Å². The molecule has 6 nitrogen and oxygen atoms in total. The number of methoxy groups -OCH3 is 2. The molecule has 0 fully saturated rings. The first-order valence-corrected chi connectivity index (χ1v) is 32.4. The van der Waals surface area contributed by atoms with Crippen LogP contribution in [0.25, 0.3) is 98.0 Å². The SMILES string of the molecule is CO/C(C)=C(\C(C)=O)c1cc2c3ccccc3c(N(c3ccccc3)c3ccc4c(c3)C(C)(C)c3ccccc3-4)cc2c2ccccc12.CO/C(C)=C(\C(C)=O)c1ccc2ccc3c(N(c4ccccc4)c4ccc5c(c4)C(C)(C)c4ccccc4-5)ccc4ccc1c2c43. The van der Waals surface area contributed by atoms with E-state index in [1.807, 2.05) is 19.9 Å². The molecule has 16 rings (SSSR count). The lowest BCUT2D eigenvalue weighted by Crippen LogP contribution is -2.16. The van der Waals surface area contributed by atoms with Crippen molar-refractivity contribution in [1.29, 1.82) is 0 Å². The molecule has 0 heterocycles. The van der Waals surface area contributed by atoms with E-state index in [2.05, 4.69) is 286 Å². The fourth-order valence-electron chi connectivity index (χ4n) is 15.7. The largest absolute Gasteiger partial charge is 0.501 e. The number of benzene rings is 14. The second kappa shape index (κ2) is 22.9. The number of allylic oxidation sites excluding steroid dienone is 4. The predicted octanol–water partition coefficient (Wildman–Crippen LogP) is 23.2. The Morgan fingerprint density at radius 2 is 0.713 bits per heavy atom. The number of ketones is 2. The van der Waals surface area contributed by atoms with Crippen molar-refractivity contribution in [3.8, 4) is 22.3 Å². The van der Waals surface area contributed by atoms with E-state index in [1.165, 1.54) is 55.3 Å². The van der Waals surface area contributed by atoms with Gasteiger partial charge in [0.2, 0.25) is 0 Å². The van der Waals surface area contributed by atoms with Crippen LogP contribution in [0.2, 0.25) is 0 Å². The van der Waals surface area contributed by atoms with Crippen LogP contribution in [0, 0.1) is 0 Å². The fourth-order valence-corrected chi connectivity index (χ4v) is 15.7. The number of rotatable bonds is 12. The van der Waals surface area contributed by atoms with Gasteiger partial charge in [-0.1, -0.05) is 216 Å². The Morgan fingerprint density at radius 3 is 1.24 bits per heavy atom. The molecule has 0 amide bonds. The first kappa shape index (κ1) is 59.2. The number of hydrogen-bond acceptors (Lipinski definition) is 6. The Kier molecular flexibility index (Phi) is 14.5. The molecule has 0 aromatic heterocycles. The third kappa shape index (κ3) is 9.37. The van der Waals surface area contributed by atoms with Crippen LogP contribution in [0.15, 0.2) is 266 Å². The second-order valence-electron chi connectivity index (χ2n) is 26.2. The zero-order chi connectivity index (χ0) is 64.9. The molecular formula is C88H72N2O4. The molecule has 0 spiro atoms. The van der Waals surface area contributed by atoms with E-state index >= 15 is 0 Å². The maximum atomic E-state index is 13.1. The summed E-state index contributed by atoms with van der Waals surface area (Å²) in [5, 5.41) is 13.5. The zero-order valence-electron chi connectivity index (χ0n) is 54.8. The molecular weight excluding hydrogens is 1150 g/mol. The van der Waals surface area contributed by atoms with Gasteiger partial charge in [-0.3, -0.25) is 9.59 Å². The molecule has 0 atom stereocenters. The van der Waals surface area contributed by atoms with E-state index in [1.54, 1.807) is 28.1 Å². The molecule has 0 saturated carbocycles. The summed E-state index contributed by atoms with van der Waals surface area (Å²) in [6.45, 7) is 16.3. The standard InChI is InChI=1S/C45H37NO2.C43H35NO2/c1-28(47)44(29(2)48-5)40-26-38-34-19-11-12-21-37(34)43(27-39(38)32-17-9-10-18-33(32)40)46(30-15-7-6-8-16-30)31-23-24-36-35-20-13-14-22-41(35)45(3,4)42(36)25-31;1-26(45)40(27(2)46-5)34-20-15-28-17-22-36-39(24-18-29-16-21-35(34)41(28)42(29)36)44(30-11-7-6-8-12-30)31-19-23-33-32-13-9-10-14-37(32)43(3,4)38(33)25-31/h6-27H,1-5H3;6-25H,1-5H3/b44-29+;40-27+. The molecule has 0 bridgehead atoms. The number of para-hydroxylation sites is 2. The lowest BCUT2D eigenvalue weighted by molar-refractivity contribution is -0.112. The Bertz CT molecular complexity index is 5500. The highest BCUT2D eigenvalue weighted by atomic mass is 16.5. The van der Waals surface area contributed by atoms with Crippen molar-refractivity contribution in [1.82, 2.24) is 0 Å². The fraction of sp³-hybridized carbons (Fsp3) is 0.136. The summed E-state index contributed by atoms with van der Waals surface area (Å²) in [6.07, 6.45) is 0. The summed E-state index contributed by atoms with van der Waals surface area (Å²) in [5.41, 5.74) is 20.1. The molecule has 94 heavy (non-hydrogen) atoms. The minimum Gasteiger partial charge on any atom is -0.501 e. The van der Waals surface area contributed by atoms with Crippen LogP contribution in [0.4, 0.5) is 34.1 Å². The van der Waals surface area contributed by atoms with Gasteiger partial charge in [-0.05, 0) is 204 Å². The van der Waals surface area contributed by atoms with Crippen molar-refractivity contribution in [3.63, 3.8) is 0 Å². The molecule has 2 aliphatic rings. The number of carbonyl (C=O) groups excluding carboxylic acids is 2. The van der Waals surface area contributed by atoms with Gasteiger partial charge < -0.3 is 19.3 Å². The third-order valence-electron chi connectivity index (χ3n) is 20.2. The first-order chi connectivity index (χ1) is 45.6. The Morgan fingerprint density at radius 1 is 0.309 bits per heavy atom. The van der Waals surface area contributed by atoms with Gasteiger partial charge in [0.15, 0.2) is 11.6 Å². The van der Waals surface area contributed by atoms with Gasteiger partial charge in [0, 0.05) is 44.4 Å². The summed E-state index contributed by atoms with van der Waals surface area (Å²) in [4.78, 5) is 30.8. The number of anilines is 6. The average Bonchev–Trinajstić information content (AvgIpc) is 1.12. The van der Waals surface area contributed by atoms with Crippen LogP contribution < -0.4 is 9.80 Å². The molecule has 0 saturated heterocycles. The molecule has 0 radical (unpaired) electrons. The minimum atomic E-state index is -0.120. The van der Waals surface area contributed by atoms with Crippen LogP contribution in [-0.4, -0.2) is 25.8 Å². The van der Waals surface area contributed by atoms with Gasteiger partial charge in [-0.25, -0.2) is 0 Å². The van der Waals surface area contributed by atoms with Crippen LogP contribution >= 0.6 is 0 Å². The number of fused-ring (bicyclic) bond motifs is 11. The molecule has 458 valence electrons. The van der Waals surface area contributed by atoms with E-state index < -0.39 is 0 Å². The topological polar surface area (TPSA) is 59.1 Å². The first-order valence-electron chi connectivity index (χ1n) is 32.4. The van der Waals surface area contributed by atoms with Gasteiger partial charge >= 0.3 is 0 Å². The van der Waals surface area contributed by atoms with Crippen molar-refractivity contribution in [2.24, 2.45) is 0 Å². The van der Waals surface area contributed by atoms with E-state index in [4.69, 9.17) is 9.47 Å². The summed E-state index contributed by atoms with van der Waals surface area (Å²) >= 11 is 0. The van der Waals surface area contributed by atoms with E-state index in [9.17, 15) is 9.59 Å². The highest BCUT2D eigenvalue weighted by Crippen LogP contribution is 2.54. The minimum absolute atomic E-state index is 0.00740. The van der Waals surface area contributed by atoms with Crippen molar-refractivity contribution in [2.45, 2.75) is 66.2 Å².